The van der Waals surface area contributed by atoms with E-state index in [2.05, 4.69) is 6.58 Å². The van der Waals surface area contributed by atoms with Gasteiger partial charge in [0.2, 0.25) is 0 Å². The molecule has 2 aliphatic carbocycles. The van der Waals surface area contributed by atoms with E-state index < -0.39 is 17.5 Å². The molecule has 37 heavy (non-hydrogen) atoms. The molecule has 0 aliphatic heterocycles. The van der Waals surface area contributed by atoms with Crippen LogP contribution in [-0.2, 0) is 0 Å². The molecular formula is C31H39F3O3. The molecule has 6 heteroatoms. The van der Waals surface area contributed by atoms with Crippen LogP contribution in [0.3, 0.4) is 0 Å². The van der Waals surface area contributed by atoms with Gasteiger partial charge < -0.3 is 14.6 Å². The Morgan fingerprint density at radius 2 is 1.49 bits per heavy atom. The molecule has 2 fully saturated rings. The van der Waals surface area contributed by atoms with Gasteiger partial charge in [0.25, 0.3) is 0 Å². The molecule has 0 spiro atoms. The van der Waals surface area contributed by atoms with Crippen LogP contribution >= 0.6 is 0 Å². The highest BCUT2D eigenvalue weighted by Gasteiger charge is 2.30. The number of ether oxygens (including phenoxy) is 2. The molecule has 1 atom stereocenters. The average Bonchev–Trinajstić information content (AvgIpc) is 2.90. The van der Waals surface area contributed by atoms with Crippen molar-refractivity contribution in [2.75, 3.05) is 13.2 Å². The number of benzene rings is 2. The summed E-state index contributed by atoms with van der Waals surface area (Å²) in [6, 6.07) is 8.17. The highest BCUT2D eigenvalue weighted by Crippen LogP contribution is 2.42. The first-order valence-corrected chi connectivity index (χ1v) is 13.7. The summed E-state index contributed by atoms with van der Waals surface area (Å²) in [7, 11) is 0. The third kappa shape index (κ3) is 6.90. The molecule has 2 aromatic carbocycles. The summed E-state index contributed by atoms with van der Waals surface area (Å²) < 4.78 is 55.9. The van der Waals surface area contributed by atoms with Crippen molar-refractivity contribution in [3.05, 3.63) is 71.6 Å². The minimum Gasteiger partial charge on any atom is -0.493 e. The molecule has 0 radical (unpaired) electrons. The van der Waals surface area contributed by atoms with Gasteiger partial charge in [-0.1, -0.05) is 18.2 Å². The van der Waals surface area contributed by atoms with Crippen LogP contribution in [0.25, 0.3) is 0 Å². The van der Waals surface area contributed by atoms with Crippen LogP contribution in [-0.4, -0.2) is 24.4 Å². The van der Waals surface area contributed by atoms with Gasteiger partial charge in [-0.25, -0.2) is 13.2 Å². The number of hydrogen-bond donors (Lipinski definition) is 1. The Labute approximate surface area is 218 Å². The van der Waals surface area contributed by atoms with Gasteiger partial charge in [0.05, 0.1) is 19.3 Å². The van der Waals surface area contributed by atoms with E-state index in [4.69, 9.17) is 9.47 Å². The number of aliphatic hydroxyl groups excluding tert-OH is 1. The summed E-state index contributed by atoms with van der Waals surface area (Å²) in [6.07, 6.45) is 8.47. The third-order valence-electron chi connectivity index (χ3n) is 8.29. The Hall–Kier alpha value is -2.47. The van der Waals surface area contributed by atoms with E-state index in [0.717, 1.165) is 51.4 Å². The fraction of sp³-hybridized carbons (Fsp3) is 0.548. The molecule has 2 saturated carbocycles. The molecule has 1 unspecified atom stereocenters. The highest BCUT2D eigenvalue weighted by molar-refractivity contribution is 5.33. The second-order valence-corrected chi connectivity index (χ2v) is 10.8. The number of hydrogen-bond acceptors (Lipinski definition) is 3. The second kappa shape index (κ2) is 12.9. The second-order valence-electron chi connectivity index (χ2n) is 10.8. The van der Waals surface area contributed by atoms with Crippen molar-refractivity contribution in [2.45, 2.75) is 82.7 Å². The van der Waals surface area contributed by atoms with Gasteiger partial charge in [-0.2, -0.15) is 0 Å². The van der Waals surface area contributed by atoms with Crippen LogP contribution in [0.4, 0.5) is 13.2 Å². The average molecular weight is 517 g/mol. The molecule has 0 aromatic heterocycles. The van der Waals surface area contributed by atoms with Crippen LogP contribution < -0.4 is 9.47 Å². The van der Waals surface area contributed by atoms with Crippen molar-refractivity contribution in [2.24, 2.45) is 11.8 Å². The molecule has 2 aromatic rings. The van der Waals surface area contributed by atoms with E-state index >= 15 is 8.78 Å². The van der Waals surface area contributed by atoms with Crippen molar-refractivity contribution in [3.63, 3.8) is 0 Å². The fourth-order valence-corrected chi connectivity index (χ4v) is 5.92. The molecular weight excluding hydrogens is 477 g/mol. The predicted octanol–water partition coefficient (Wildman–Crippen LogP) is 8.07. The van der Waals surface area contributed by atoms with Crippen LogP contribution in [0, 0.1) is 29.3 Å². The number of halogens is 3. The topological polar surface area (TPSA) is 38.7 Å². The quantitative estimate of drug-likeness (QED) is 0.256. The molecule has 0 saturated heterocycles. The van der Waals surface area contributed by atoms with Gasteiger partial charge in [0.1, 0.15) is 5.75 Å². The smallest absolute Gasteiger partial charge is 0.168 e. The maximum Gasteiger partial charge on any atom is 0.168 e. The Kier molecular flexibility index (Phi) is 9.58. The molecule has 2 aliphatic rings. The summed E-state index contributed by atoms with van der Waals surface area (Å²) in [5.41, 5.74) is 0.947. The first-order valence-electron chi connectivity index (χ1n) is 13.7. The monoisotopic (exact) mass is 516 g/mol. The molecule has 202 valence electrons. The van der Waals surface area contributed by atoms with Crippen molar-refractivity contribution in [3.8, 4) is 11.5 Å². The molecule has 3 nitrogen and oxygen atoms in total. The summed E-state index contributed by atoms with van der Waals surface area (Å²) in [5.74, 6) is -0.710. The van der Waals surface area contributed by atoms with Crippen molar-refractivity contribution < 1.29 is 27.8 Å². The van der Waals surface area contributed by atoms with Crippen molar-refractivity contribution in [1.29, 1.82) is 0 Å². The third-order valence-corrected chi connectivity index (χ3v) is 8.29. The highest BCUT2D eigenvalue weighted by atomic mass is 19.2. The van der Waals surface area contributed by atoms with Crippen LogP contribution in [0.5, 0.6) is 11.5 Å². The zero-order chi connectivity index (χ0) is 26.4. The van der Waals surface area contributed by atoms with Crippen LogP contribution in [0.2, 0.25) is 0 Å². The maximum atomic E-state index is 15.2. The molecule has 1 N–H and O–H groups in total. The summed E-state index contributed by atoms with van der Waals surface area (Å²) >= 11 is 0. The minimum atomic E-state index is -0.702. The van der Waals surface area contributed by atoms with Gasteiger partial charge in [0, 0.05) is 6.07 Å². The Morgan fingerprint density at radius 3 is 2.03 bits per heavy atom. The van der Waals surface area contributed by atoms with E-state index in [1.807, 2.05) is 0 Å². The van der Waals surface area contributed by atoms with Crippen LogP contribution in [0.15, 0.2) is 43.0 Å². The lowest BCUT2D eigenvalue weighted by Crippen LogP contribution is -2.23. The van der Waals surface area contributed by atoms with Crippen molar-refractivity contribution >= 4 is 0 Å². The van der Waals surface area contributed by atoms with Gasteiger partial charge >= 0.3 is 0 Å². The van der Waals surface area contributed by atoms with E-state index in [0.29, 0.717) is 36.5 Å². The molecule has 0 bridgehead atoms. The zero-order valence-electron chi connectivity index (χ0n) is 21.7. The predicted molar refractivity (Wildman–Crippen MR) is 140 cm³/mol. The SMILES string of the molecule is C=CCCOc1ccc(OCC2CCC(c3ccc(C4CCC(C(C)O)CC4)c(F)c3F)CC2)c(F)c1. The lowest BCUT2D eigenvalue weighted by molar-refractivity contribution is 0.0963. The van der Waals surface area contributed by atoms with Gasteiger partial charge in [0.15, 0.2) is 23.2 Å². The van der Waals surface area contributed by atoms with E-state index in [1.165, 1.54) is 6.07 Å². The van der Waals surface area contributed by atoms with Gasteiger partial charge in [-0.15, -0.1) is 6.58 Å². The lowest BCUT2D eigenvalue weighted by Gasteiger charge is -2.32. The summed E-state index contributed by atoms with van der Waals surface area (Å²) in [5, 5.41) is 9.81. The van der Waals surface area contributed by atoms with E-state index in [1.54, 1.807) is 37.3 Å². The first kappa shape index (κ1) is 27.6. The number of aliphatic hydroxyl groups is 1. The molecule has 0 amide bonds. The normalized spacial score (nSPS) is 24.9. The standard InChI is InChI=1S/C31H39F3O3/c1-3-4-17-36-25-13-16-29(28(32)18-25)37-19-21-5-7-23(8-6-21)26-14-15-27(31(34)30(26)33)24-11-9-22(10-12-24)20(2)35/h3,13-16,18,20-24,35H,1,4-12,17,19H2,2H3. The number of rotatable bonds is 10. The Morgan fingerprint density at radius 1 is 0.892 bits per heavy atom. The first-order chi connectivity index (χ1) is 17.9. The van der Waals surface area contributed by atoms with Gasteiger partial charge in [-0.05, 0) is 112 Å². The fourth-order valence-electron chi connectivity index (χ4n) is 5.92. The van der Waals surface area contributed by atoms with Crippen LogP contribution in [0.1, 0.15) is 87.7 Å². The zero-order valence-corrected chi connectivity index (χ0v) is 21.7. The lowest BCUT2D eigenvalue weighted by atomic mass is 9.75. The van der Waals surface area contributed by atoms with Crippen molar-refractivity contribution in [1.82, 2.24) is 0 Å². The van der Waals surface area contributed by atoms with E-state index in [9.17, 15) is 9.50 Å². The molecule has 0 heterocycles. The minimum absolute atomic E-state index is 0.0135. The van der Waals surface area contributed by atoms with E-state index in [-0.39, 0.29) is 35.5 Å². The largest absolute Gasteiger partial charge is 0.493 e. The maximum absolute atomic E-state index is 15.2. The summed E-state index contributed by atoms with van der Waals surface area (Å²) in [6.45, 7) is 6.28. The Balaban J connectivity index is 1.28. The van der Waals surface area contributed by atoms with Gasteiger partial charge in [-0.3, -0.25) is 0 Å². The Bertz CT molecular complexity index is 1040. The summed E-state index contributed by atoms with van der Waals surface area (Å²) in [4.78, 5) is 0. The molecule has 4 rings (SSSR count).